The van der Waals surface area contributed by atoms with Gasteiger partial charge in [-0.3, -0.25) is 14.4 Å². The predicted octanol–water partition coefficient (Wildman–Crippen LogP) is 3.98. The molecule has 2 saturated heterocycles. The number of carbonyl (C=O) groups excluding carboxylic acids is 2. The molecule has 28 heavy (non-hydrogen) atoms. The third-order valence-corrected chi connectivity index (χ3v) is 5.30. The van der Waals surface area contributed by atoms with Crippen LogP contribution in [0.2, 0.25) is 5.02 Å². The van der Waals surface area contributed by atoms with Crippen LogP contribution in [-0.2, 0) is 14.4 Å². The van der Waals surface area contributed by atoms with E-state index in [1.54, 1.807) is 47.7 Å². The molecule has 2 aliphatic heterocycles. The summed E-state index contributed by atoms with van der Waals surface area (Å²) in [5.41, 5.74) is 1.22. The summed E-state index contributed by atoms with van der Waals surface area (Å²) in [6.45, 7) is 0. The normalized spacial score (nSPS) is 24.1. The highest BCUT2D eigenvalue weighted by molar-refractivity contribution is 6.31. The van der Waals surface area contributed by atoms with Crippen LogP contribution in [0, 0.1) is 5.92 Å². The van der Waals surface area contributed by atoms with Gasteiger partial charge in [0.1, 0.15) is 17.7 Å². The van der Waals surface area contributed by atoms with Crippen molar-refractivity contribution in [3.8, 4) is 0 Å². The van der Waals surface area contributed by atoms with Gasteiger partial charge in [-0.25, -0.2) is 9.96 Å². The molecule has 3 aromatic rings. The Labute approximate surface area is 165 Å². The first-order valence-corrected chi connectivity index (χ1v) is 9.21. The maximum absolute atomic E-state index is 13.3. The lowest BCUT2D eigenvalue weighted by molar-refractivity contribution is -0.126. The van der Waals surface area contributed by atoms with Crippen molar-refractivity contribution < 1.29 is 18.8 Å². The number of hydroxylamine groups is 1. The molecule has 3 heterocycles. The molecule has 2 amide bonds. The average Bonchev–Trinajstić information content (AvgIpc) is 3.42. The van der Waals surface area contributed by atoms with Gasteiger partial charge >= 0.3 is 0 Å². The van der Waals surface area contributed by atoms with Crippen molar-refractivity contribution >= 4 is 34.8 Å². The number of hydrogen-bond acceptors (Lipinski definition) is 5. The molecule has 0 spiro atoms. The topological polar surface area (TPSA) is 63.0 Å². The van der Waals surface area contributed by atoms with Crippen molar-refractivity contribution in [3.63, 3.8) is 0 Å². The number of hydrogen-bond donors (Lipinski definition) is 0. The lowest BCUT2D eigenvalue weighted by Crippen LogP contribution is -2.37. The van der Waals surface area contributed by atoms with Gasteiger partial charge in [-0.05, 0) is 48.5 Å². The number of imide groups is 1. The van der Waals surface area contributed by atoms with Crippen molar-refractivity contribution in [2.45, 2.75) is 12.1 Å². The molecule has 0 unspecified atom stereocenters. The van der Waals surface area contributed by atoms with Crippen molar-refractivity contribution in [1.82, 2.24) is 0 Å². The number of fused-ring (bicyclic) bond motifs is 1. The standard InChI is InChI=1S/C21H15ClN2O4/c22-13-8-10-14(11-9-13)23-20(25)17-18(16-7-4-12-27-16)24(28-19(17)21(23)26)15-5-2-1-3-6-15/h1-12,17-19H/t17-,18-,19+/m1/s1. The highest BCUT2D eigenvalue weighted by atomic mass is 35.5. The van der Waals surface area contributed by atoms with E-state index in [4.69, 9.17) is 20.9 Å². The maximum Gasteiger partial charge on any atom is 0.266 e. The van der Waals surface area contributed by atoms with Crippen LogP contribution in [-0.4, -0.2) is 17.9 Å². The number of anilines is 2. The van der Waals surface area contributed by atoms with Crippen LogP contribution in [0.15, 0.2) is 77.4 Å². The first-order chi connectivity index (χ1) is 13.6. The minimum Gasteiger partial charge on any atom is -0.467 e. The molecule has 2 fully saturated rings. The molecule has 1 aromatic heterocycles. The van der Waals surface area contributed by atoms with Crippen LogP contribution in [0.25, 0.3) is 0 Å². The van der Waals surface area contributed by atoms with Crippen molar-refractivity contribution in [2.75, 3.05) is 9.96 Å². The number of para-hydroxylation sites is 1. The fourth-order valence-electron chi connectivity index (χ4n) is 3.81. The first-order valence-electron chi connectivity index (χ1n) is 8.83. The minimum atomic E-state index is -0.918. The molecule has 7 heteroatoms. The molecular weight excluding hydrogens is 380 g/mol. The SMILES string of the molecule is O=C1[C@H]2[C@H](ON(c3ccccc3)[C@@H]2c2ccco2)C(=O)N1c1ccc(Cl)cc1. The predicted molar refractivity (Wildman–Crippen MR) is 103 cm³/mol. The zero-order valence-electron chi connectivity index (χ0n) is 14.6. The van der Waals surface area contributed by atoms with Gasteiger partial charge in [-0.2, -0.15) is 0 Å². The Kier molecular flexibility index (Phi) is 3.96. The second-order valence-electron chi connectivity index (χ2n) is 6.66. The fourth-order valence-corrected chi connectivity index (χ4v) is 3.93. The highest BCUT2D eigenvalue weighted by Crippen LogP contribution is 2.47. The van der Waals surface area contributed by atoms with Crippen LogP contribution in [0.3, 0.4) is 0 Å². The first kappa shape index (κ1) is 17.0. The Hall–Kier alpha value is -3.09. The Morgan fingerprint density at radius 1 is 0.821 bits per heavy atom. The van der Waals surface area contributed by atoms with Gasteiger partial charge in [-0.1, -0.05) is 29.8 Å². The van der Waals surface area contributed by atoms with Crippen LogP contribution in [0.4, 0.5) is 11.4 Å². The van der Waals surface area contributed by atoms with E-state index in [0.29, 0.717) is 16.5 Å². The summed E-state index contributed by atoms with van der Waals surface area (Å²) in [6.07, 6.45) is 0.628. The molecule has 2 aromatic carbocycles. The molecule has 0 bridgehead atoms. The number of nitrogens with zero attached hydrogens (tertiary/aromatic N) is 2. The van der Waals surface area contributed by atoms with Gasteiger partial charge in [0, 0.05) is 5.02 Å². The maximum atomic E-state index is 13.3. The van der Waals surface area contributed by atoms with E-state index in [2.05, 4.69) is 0 Å². The molecule has 2 aliphatic rings. The molecule has 3 atom stereocenters. The quantitative estimate of drug-likeness (QED) is 0.629. The monoisotopic (exact) mass is 394 g/mol. The van der Waals surface area contributed by atoms with Crippen LogP contribution in [0.1, 0.15) is 11.8 Å². The zero-order chi connectivity index (χ0) is 19.3. The number of rotatable bonds is 3. The summed E-state index contributed by atoms with van der Waals surface area (Å²) in [7, 11) is 0. The second kappa shape index (κ2) is 6.51. The summed E-state index contributed by atoms with van der Waals surface area (Å²) in [6, 6.07) is 18.9. The van der Waals surface area contributed by atoms with Crippen molar-refractivity contribution in [1.29, 1.82) is 0 Å². The van der Waals surface area contributed by atoms with Crippen LogP contribution < -0.4 is 9.96 Å². The lowest BCUT2D eigenvalue weighted by Gasteiger charge is -2.27. The highest BCUT2D eigenvalue weighted by Gasteiger charge is 2.61. The van der Waals surface area contributed by atoms with E-state index < -0.39 is 24.0 Å². The third-order valence-electron chi connectivity index (χ3n) is 5.05. The zero-order valence-corrected chi connectivity index (χ0v) is 15.3. The van der Waals surface area contributed by atoms with Crippen molar-refractivity contribution in [3.05, 3.63) is 83.8 Å². The van der Waals surface area contributed by atoms with Gasteiger partial charge < -0.3 is 4.42 Å². The summed E-state index contributed by atoms with van der Waals surface area (Å²) < 4.78 is 5.60. The van der Waals surface area contributed by atoms with Crippen LogP contribution >= 0.6 is 11.6 Å². The van der Waals surface area contributed by atoms with Gasteiger partial charge in [0.25, 0.3) is 5.91 Å². The number of amides is 2. The van der Waals surface area contributed by atoms with Crippen molar-refractivity contribution in [2.24, 2.45) is 5.92 Å². The van der Waals surface area contributed by atoms with E-state index in [9.17, 15) is 9.59 Å². The Morgan fingerprint density at radius 2 is 1.57 bits per heavy atom. The van der Waals surface area contributed by atoms with E-state index in [0.717, 1.165) is 5.69 Å². The molecule has 0 radical (unpaired) electrons. The van der Waals surface area contributed by atoms with E-state index in [-0.39, 0.29) is 5.91 Å². The molecular formula is C21H15ClN2O4. The molecule has 0 saturated carbocycles. The Morgan fingerprint density at radius 3 is 2.25 bits per heavy atom. The molecule has 0 aliphatic carbocycles. The Balaban J connectivity index is 1.56. The van der Waals surface area contributed by atoms with Gasteiger partial charge in [-0.15, -0.1) is 0 Å². The third kappa shape index (κ3) is 2.53. The number of carbonyl (C=O) groups is 2. The summed E-state index contributed by atoms with van der Waals surface area (Å²) in [4.78, 5) is 33.5. The largest absolute Gasteiger partial charge is 0.467 e. The summed E-state index contributed by atoms with van der Waals surface area (Å²) in [5, 5.41) is 2.13. The van der Waals surface area contributed by atoms with Gasteiger partial charge in [0.05, 0.1) is 17.6 Å². The Bertz CT molecular complexity index is 1020. The smallest absolute Gasteiger partial charge is 0.266 e. The van der Waals surface area contributed by atoms with Gasteiger partial charge in [0.2, 0.25) is 5.91 Å². The number of furan rings is 1. The van der Waals surface area contributed by atoms with Gasteiger partial charge in [0.15, 0.2) is 6.10 Å². The fraction of sp³-hybridized carbons (Fsp3) is 0.143. The molecule has 6 nitrogen and oxygen atoms in total. The average molecular weight is 395 g/mol. The summed E-state index contributed by atoms with van der Waals surface area (Å²) in [5.74, 6) is -0.866. The van der Waals surface area contributed by atoms with E-state index in [1.165, 1.54) is 4.90 Å². The molecule has 0 N–H and O–H groups in total. The van der Waals surface area contributed by atoms with Crippen LogP contribution in [0.5, 0.6) is 0 Å². The second-order valence-corrected chi connectivity index (χ2v) is 7.10. The minimum absolute atomic E-state index is 0.322. The number of benzene rings is 2. The molecule has 5 rings (SSSR count). The van der Waals surface area contributed by atoms with E-state index in [1.807, 2.05) is 30.3 Å². The van der Waals surface area contributed by atoms with E-state index >= 15 is 0 Å². The molecule has 140 valence electrons. The lowest BCUT2D eigenvalue weighted by atomic mass is 9.94. The summed E-state index contributed by atoms with van der Waals surface area (Å²) >= 11 is 5.93. The number of halogens is 1.